The van der Waals surface area contributed by atoms with Crippen molar-refractivity contribution in [3.05, 3.63) is 108 Å². The molecule has 0 aromatic heterocycles. The van der Waals surface area contributed by atoms with Gasteiger partial charge in [0.2, 0.25) is 0 Å². The molecular weight excluding hydrogens is 464 g/mol. The van der Waals surface area contributed by atoms with E-state index < -0.39 is 0 Å². The SMILES string of the molecule is CCOc1ccc2cc3ccccc3cc2c1OCC.CCc1ccc2c(C)c3ccccc3c(C)c2c1. The number of ether oxygens (including phenoxy) is 2. The molecule has 6 rings (SSSR count). The molecule has 0 aliphatic carbocycles. The van der Waals surface area contributed by atoms with E-state index in [2.05, 4.69) is 106 Å². The zero-order valence-electron chi connectivity index (χ0n) is 23.1. The summed E-state index contributed by atoms with van der Waals surface area (Å²) >= 11 is 0. The Bertz CT molecular complexity index is 1750. The molecule has 192 valence electrons. The summed E-state index contributed by atoms with van der Waals surface area (Å²) in [6.45, 7) is 11.9. The Morgan fingerprint density at radius 3 is 1.76 bits per heavy atom. The van der Waals surface area contributed by atoms with E-state index in [9.17, 15) is 0 Å². The van der Waals surface area contributed by atoms with Gasteiger partial charge in [-0.2, -0.15) is 0 Å². The molecule has 0 bridgehead atoms. The first-order valence-corrected chi connectivity index (χ1v) is 13.7. The summed E-state index contributed by atoms with van der Waals surface area (Å²) in [5.74, 6) is 1.66. The molecule has 0 atom stereocenters. The Morgan fingerprint density at radius 2 is 1.11 bits per heavy atom. The third kappa shape index (κ3) is 4.79. The van der Waals surface area contributed by atoms with Gasteiger partial charge in [-0.15, -0.1) is 0 Å². The molecule has 0 amide bonds. The number of benzene rings is 6. The second kappa shape index (κ2) is 11.1. The summed E-state index contributed by atoms with van der Waals surface area (Å²) in [7, 11) is 0. The second-order valence-corrected chi connectivity index (χ2v) is 9.71. The normalized spacial score (nSPS) is 11.1. The average Bonchev–Trinajstić information content (AvgIpc) is 2.96. The van der Waals surface area contributed by atoms with Crippen LogP contribution in [-0.2, 0) is 6.42 Å². The summed E-state index contributed by atoms with van der Waals surface area (Å²) in [6.07, 6.45) is 1.10. The van der Waals surface area contributed by atoms with Gasteiger partial charge in [0.05, 0.1) is 13.2 Å². The predicted molar refractivity (Wildman–Crippen MR) is 164 cm³/mol. The van der Waals surface area contributed by atoms with Crippen LogP contribution in [0, 0.1) is 13.8 Å². The third-order valence-corrected chi connectivity index (χ3v) is 7.42. The lowest BCUT2D eigenvalue weighted by molar-refractivity contribution is 0.291. The van der Waals surface area contributed by atoms with Gasteiger partial charge in [-0.1, -0.05) is 79.7 Å². The summed E-state index contributed by atoms with van der Waals surface area (Å²) in [6, 6.07) is 32.4. The molecule has 0 N–H and O–H groups in total. The lowest BCUT2D eigenvalue weighted by Crippen LogP contribution is -1.99. The Balaban J connectivity index is 0.000000156. The smallest absolute Gasteiger partial charge is 0.168 e. The summed E-state index contributed by atoms with van der Waals surface area (Å²) in [5.41, 5.74) is 4.22. The van der Waals surface area contributed by atoms with Crippen LogP contribution in [0.3, 0.4) is 0 Å². The Morgan fingerprint density at radius 1 is 0.500 bits per heavy atom. The van der Waals surface area contributed by atoms with Crippen LogP contribution in [0.1, 0.15) is 37.5 Å². The van der Waals surface area contributed by atoms with Crippen LogP contribution >= 0.6 is 0 Å². The van der Waals surface area contributed by atoms with Crippen molar-refractivity contribution in [1.82, 2.24) is 0 Å². The van der Waals surface area contributed by atoms with Gasteiger partial charge in [0.25, 0.3) is 0 Å². The first-order chi connectivity index (χ1) is 18.5. The van der Waals surface area contributed by atoms with Crippen molar-refractivity contribution in [2.45, 2.75) is 41.0 Å². The monoisotopic (exact) mass is 500 g/mol. The fourth-order valence-electron chi connectivity index (χ4n) is 5.40. The minimum atomic E-state index is 0.631. The van der Waals surface area contributed by atoms with Crippen LogP contribution in [-0.4, -0.2) is 13.2 Å². The van der Waals surface area contributed by atoms with E-state index in [1.54, 1.807) is 0 Å². The van der Waals surface area contributed by atoms with Crippen molar-refractivity contribution in [3.8, 4) is 11.5 Å². The van der Waals surface area contributed by atoms with Crippen LogP contribution in [0.4, 0.5) is 0 Å². The maximum absolute atomic E-state index is 5.83. The van der Waals surface area contributed by atoms with Crippen molar-refractivity contribution in [2.75, 3.05) is 13.2 Å². The van der Waals surface area contributed by atoms with E-state index in [4.69, 9.17) is 9.47 Å². The number of hydrogen-bond acceptors (Lipinski definition) is 2. The minimum Gasteiger partial charge on any atom is -0.490 e. The first kappa shape index (κ1) is 25.6. The average molecular weight is 501 g/mol. The third-order valence-electron chi connectivity index (χ3n) is 7.42. The van der Waals surface area contributed by atoms with Gasteiger partial charge in [-0.3, -0.25) is 0 Å². The standard InChI is InChI=1S/C18H18O2.C18H18/c1-3-19-17-10-9-15-11-13-7-5-6-8-14(13)12-16(15)18(17)20-4-2;1-4-14-9-10-17-12(2)15-7-5-6-8-16(15)13(3)18(17)11-14/h5-12H,3-4H2,1-2H3;5-11H,4H2,1-3H3. The van der Waals surface area contributed by atoms with Gasteiger partial charge in [0, 0.05) is 5.39 Å². The Labute approximate surface area is 225 Å². The lowest BCUT2D eigenvalue weighted by Gasteiger charge is -2.14. The van der Waals surface area contributed by atoms with E-state index in [-0.39, 0.29) is 0 Å². The fraction of sp³-hybridized carbons (Fsp3) is 0.222. The van der Waals surface area contributed by atoms with E-state index in [1.807, 2.05) is 19.9 Å². The van der Waals surface area contributed by atoms with Gasteiger partial charge < -0.3 is 9.47 Å². The largest absolute Gasteiger partial charge is 0.490 e. The van der Waals surface area contributed by atoms with Gasteiger partial charge in [-0.25, -0.2) is 0 Å². The van der Waals surface area contributed by atoms with Crippen LogP contribution in [0.25, 0.3) is 43.1 Å². The zero-order valence-corrected chi connectivity index (χ0v) is 23.1. The molecule has 0 heterocycles. The molecule has 0 aliphatic rings. The van der Waals surface area contributed by atoms with Gasteiger partial charge >= 0.3 is 0 Å². The number of aryl methyl sites for hydroxylation is 3. The highest BCUT2D eigenvalue weighted by Crippen LogP contribution is 2.38. The topological polar surface area (TPSA) is 18.5 Å². The molecule has 6 aromatic carbocycles. The molecule has 2 heteroatoms. The van der Waals surface area contributed by atoms with Crippen molar-refractivity contribution in [3.63, 3.8) is 0 Å². The molecule has 0 aliphatic heterocycles. The highest BCUT2D eigenvalue weighted by atomic mass is 16.5. The number of fused-ring (bicyclic) bond motifs is 4. The molecule has 0 fully saturated rings. The van der Waals surface area contributed by atoms with Crippen molar-refractivity contribution >= 4 is 43.1 Å². The fourth-order valence-corrected chi connectivity index (χ4v) is 5.40. The Hall–Kier alpha value is -4.04. The molecular formula is C36H36O2. The second-order valence-electron chi connectivity index (χ2n) is 9.71. The zero-order chi connectivity index (χ0) is 26.6. The lowest BCUT2D eigenvalue weighted by atomic mass is 9.92. The van der Waals surface area contributed by atoms with E-state index in [0.29, 0.717) is 13.2 Å². The van der Waals surface area contributed by atoms with Gasteiger partial charge in [-0.05, 0) is 107 Å². The molecule has 0 radical (unpaired) electrons. The summed E-state index contributed by atoms with van der Waals surface area (Å²) in [5, 5.41) is 10.3. The van der Waals surface area contributed by atoms with Gasteiger partial charge in [0.15, 0.2) is 11.5 Å². The molecule has 38 heavy (non-hydrogen) atoms. The maximum atomic E-state index is 5.83. The molecule has 0 saturated heterocycles. The summed E-state index contributed by atoms with van der Waals surface area (Å²) in [4.78, 5) is 0. The molecule has 0 spiro atoms. The van der Waals surface area contributed by atoms with Gasteiger partial charge in [0.1, 0.15) is 0 Å². The van der Waals surface area contributed by atoms with Crippen molar-refractivity contribution in [1.29, 1.82) is 0 Å². The highest BCUT2D eigenvalue weighted by Gasteiger charge is 2.11. The molecule has 0 saturated carbocycles. The predicted octanol–water partition coefficient (Wildman–Crippen LogP) is 9.96. The maximum Gasteiger partial charge on any atom is 0.168 e. The number of hydrogen-bond donors (Lipinski definition) is 0. The molecule has 2 nitrogen and oxygen atoms in total. The summed E-state index contributed by atoms with van der Waals surface area (Å²) < 4.78 is 11.5. The minimum absolute atomic E-state index is 0.631. The van der Waals surface area contributed by atoms with Crippen molar-refractivity contribution in [2.24, 2.45) is 0 Å². The van der Waals surface area contributed by atoms with Crippen LogP contribution in [0.2, 0.25) is 0 Å². The number of rotatable bonds is 5. The van der Waals surface area contributed by atoms with E-state index >= 15 is 0 Å². The quantitative estimate of drug-likeness (QED) is 0.219. The van der Waals surface area contributed by atoms with Crippen molar-refractivity contribution < 1.29 is 9.47 Å². The Kier molecular flexibility index (Phi) is 7.51. The van der Waals surface area contributed by atoms with E-state index in [0.717, 1.165) is 23.3 Å². The van der Waals surface area contributed by atoms with Crippen LogP contribution in [0.5, 0.6) is 11.5 Å². The highest BCUT2D eigenvalue weighted by molar-refractivity contribution is 6.05. The van der Waals surface area contributed by atoms with Crippen LogP contribution < -0.4 is 9.47 Å². The van der Waals surface area contributed by atoms with Crippen LogP contribution in [0.15, 0.2) is 91.0 Å². The van der Waals surface area contributed by atoms with E-state index in [1.165, 1.54) is 54.4 Å². The first-order valence-electron chi connectivity index (χ1n) is 13.7. The molecule has 0 unspecified atom stereocenters. The molecule has 6 aromatic rings.